The van der Waals surface area contributed by atoms with Crippen LogP contribution in [0.15, 0.2) is 48.5 Å². The predicted octanol–water partition coefficient (Wildman–Crippen LogP) is 2.54. The van der Waals surface area contributed by atoms with Crippen molar-refractivity contribution in [3.05, 3.63) is 65.5 Å². The van der Waals surface area contributed by atoms with Gasteiger partial charge in [0.05, 0.1) is 20.1 Å². The van der Waals surface area contributed by atoms with Crippen molar-refractivity contribution in [2.24, 2.45) is 0 Å². The second kappa shape index (κ2) is 9.56. The van der Waals surface area contributed by atoms with Crippen molar-refractivity contribution in [2.75, 3.05) is 20.2 Å². The standard InChI is InChI=1S/C20H23FN2O3/c1-3-23(20(25)12-16-5-4-6-18(11-16)26-2)14-19(24)22-13-15-7-9-17(21)10-8-15/h4-11H,3,12-14H2,1-2H3,(H,22,24). The average Bonchev–Trinajstić information content (AvgIpc) is 2.65. The molecule has 2 aromatic rings. The highest BCUT2D eigenvalue weighted by Gasteiger charge is 2.16. The molecule has 0 aliphatic carbocycles. The van der Waals surface area contributed by atoms with Gasteiger partial charge in [-0.05, 0) is 42.3 Å². The van der Waals surface area contributed by atoms with E-state index in [0.29, 0.717) is 18.8 Å². The number of carbonyl (C=O) groups excluding carboxylic acids is 2. The van der Waals surface area contributed by atoms with Crippen LogP contribution in [0.3, 0.4) is 0 Å². The van der Waals surface area contributed by atoms with Crippen LogP contribution in [0.1, 0.15) is 18.1 Å². The fraction of sp³-hybridized carbons (Fsp3) is 0.300. The summed E-state index contributed by atoms with van der Waals surface area (Å²) in [5.74, 6) is -0.0105. The maximum absolute atomic E-state index is 12.9. The fourth-order valence-electron chi connectivity index (χ4n) is 2.48. The molecule has 0 saturated heterocycles. The van der Waals surface area contributed by atoms with Gasteiger partial charge in [0.1, 0.15) is 11.6 Å². The molecule has 5 nitrogen and oxygen atoms in total. The molecule has 0 unspecified atom stereocenters. The van der Waals surface area contributed by atoms with Gasteiger partial charge in [0, 0.05) is 13.1 Å². The van der Waals surface area contributed by atoms with Gasteiger partial charge >= 0.3 is 0 Å². The normalized spacial score (nSPS) is 10.3. The van der Waals surface area contributed by atoms with Crippen LogP contribution in [0, 0.1) is 5.82 Å². The molecule has 0 saturated carbocycles. The van der Waals surface area contributed by atoms with E-state index in [1.165, 1.54) is 17.0 Å². The zero-order valence-corrected chi connectivity index (χ0v) is 15.0. The van der Waals surface area contributed by atoms with Crippen LogP contribution in [0.25, 0.3) is 0 Å². The van der Waals surface area contributed by atoms with Gasteiger partial charge in [-0.1, -0.05) is 24.3 Å². The molecule has 2 rings (SSSR count). The molecule has 1 N–H and O–H groups in total. The monoisotopic (exact) mass is 358 g/mol. The van der Waals surface area contributed by atoms with Gasteiger partial charge in [0.15, 0.2) is 0 Å². The summed E-state index contributed by atoms with van der Waals surface area (Å²) in [6.07, 6.45) is 0.205. The molecular formula is C20H23FN2O3. The minimum Gasteiger partial charge on any atom is -0.497 e. The number of likely N-dealkylation sites (N-methyl/N-ethyl adjacent to an activating group) is 1. The molecule has 0 aliphatic heterocycles. The summed E-state index contributed by atoms with van der Waals surface area (Å²) in [5, 5.41) is 2.74. The first kappa shape index (κ1) is 19.4. The zero-order valence-electron chi connectivity index (χ0n) is 15.0. The zero-order chi connectivity index (χ0) is 18.9. The summed E-state index contributed by atoms with van der Waals surface area (Å²) in [7, 11) is 1.57. The van der Waals surface area contributed by atoms with Crippen molar-refractivity contribution >= 4 is 11.8 Å². The van der Waals surface area contributed by atoms with Crippen LogP contribution in [0.5, 0.6) is 5.75 Å². The maximum Gasteiger partial charge on any atom is 0.239 e. The summed E-state index contributed by atoms with van der Waals surface area (Å²) in [6, 6.07) is 13.2. The van der Waals surface area contributed by atoms with Crippen LogP contribution in [-0.2, 0) is 22.6 Å². The van der Waals surface area contributed by atoms with Gasteiger partial charge in [-0.25, -0.2) is 4.39 Å². The lowest BCUT2D eigenvalue weighted by Crippen LogP contribution is -2.41. The number of carbonyl (C=O) groups is 2. The SMILES string of the molecule is CCN(CC(=O)NCc1ccc(F)cc1)C(=O)Cc1cccc(OC)c1. The van der Waals surface area contributed by atoms with Gasteiger partial charge < -0.3 is 15.0 Å². The molecule has 0 radical (unpaired) electrons. The average molecular weight is 358 g/mol. The molecule has 2 aromatic carbocycles. The summed E-state index contributed by atoms with van der Waals surface area (Å²) in [5.41, 5.74) is 1.63. The van der Waals surface area contributed by atoms with Crippen molar-refractivity contribution in [1.82, 2.24) is 10.2 Å². The van der Waals surface area contributed by atoms with Crippen molar-refractivity contribution < 1.29 is 18.7 Å². The Kier molecular flexibility index (Phi) is 7.14. The Bertz CT molecular complexity index is 747. The highest BCUT2D eigenvalue weighted by molar-refractivity contribution is 5.85. The number of nitrogens with one attached hydrogen (secondary N) is 1. The lowest BCUT2D eigenvalue weighted by atomic mass is 10.1. The molecule has 0 spiro atoms. The van der Waals surface area contributed by atoms with E-state index in [4.69, 9.17) is 4.74 Å². The number of nitrogens with zero attached hydrogens (tertiary/aromatic N) is 1. The van der Waals surface area contributed by atoms with Crippen LogP contribution in [0.2, 0.25) is 0 Å². The maximum atomic E-state index is 12.9. The highest BCUT2D eigenvalue weighted by atomic mass is 19.1. The Labute approximate surface area is 152 Å². The van der Waals surface area contributed by atoms with Crippen LogP contribution in [-0.4, -0.2) is 36.9 Å². The molecular weight excluding hydrogens is 335 g/mol. The van der Waals surface area contributed by atoms with E-state index in [2.05, 4.69) is 5.32 Å². The van der Waals surface area contributed by atoms with E-state index >= 15 is 0 Å². The van der Waals surface area contributed by atoms with Crippen LogP contribution >= 0.6 is 0 Å². The molecule has 0 aliphatic rings. The van der Waals surface area contributed by atoms with Crippen molar-refractivity contribution in [1.29, 1.82) is 0 Å². The molecule has 26 heavy (non-hydrogen) atoms. The number of methoxy groups -OCH3 is 1. The quantitative estimate of drug-likeness (QED) is 0.789. The fourth-order valence-corrected chi connectivity index (χ4v) is 2.48. The van der Waals surface area contributed by atoms with E-state index in [9.17, 15) is 14.0 Å². The largest absolute Gasteiger partial charge is 0.497 e. The van der Waals surface area contributed by atoms with Crippen molar-refractivity contribution in [3.8, 4) is 5.75 Å². The number of benzene rings is 2. The van der Waals surface area contributed by atoms with Crippen molar-refractivity contribution in [3.63, 3.8) is 0 Å². The minimum absolute atomic E-state index is 0.0134. The van der Waals surface area contributed by atoms with Crippen LogP contribution in [0.4, 0.5) is 4.39 Å². The van der Waals surface area contributed by atoms with Crippen molar-refractivity contribution in [2.45, 2.75) is 19.9 Å². The Morgan fingerprint density at radius 1 is 1.12 bits per heavy atom. The predicted molar refractivity (Wildman–Crippen MR) is 97.2 cm³/mol. The topological polar surface area (TPSA) is 58.6 Å². The Balaban J connectivity index is 1.87. The third kappa shape index (κ3) is 5.88. The number of halogens is 1. The second-order valence-electron chi connectivity index (χ2n) is 5.84. The Morgan fingerprint density at radius 2 is 1.85 bits per heavy atom. The van der Waals surface area contributed by atoms with Gasteiger partial charge in [-0.3, -0.25) is 9.59 Å². The van der Waals surface area contributed by atoms with E-state index in [-0.39, 0.29) is 30.6 Å². The lowest BCUT2D eigenvalue weighted by Gasteiger charge is -2.20. The molecule has 138 valence electrons. The molecule has 0 atom stereocenters. The number of amides is 2. The number of rotatable bonds is 8. The summed E-state index contributed by atoms with van der Waals surface area (Å²) >= 11 is 0. The van der Waals surface area contributed by atoms with Gasteiger partial charge in [0.25, 0.3) is 0 Å². The molecule has 2 amide bonds. The minimum atomic E-state index is -0.319. The first-order valence-corrected chi connectivity index (χ1v) is 8.43. The van der Waals surface area contributed by atoms with Gasteiger partial charge in [-0.2, -0.15) is 0 Å². The lowest BCUT2D eigenvalue weighted by molar-refractivity contribution is -0.135. The first-order valence-electron chi connectivity index (χ1n) is 8.43. The molecule has 6 heteroatoms. The van der Waals surface area contributed by atoms with E-state index in [1.54, 1.807) is 25.3 Å². The molecule has 0 bridgehead atoms. The smallest absolute Gasteiger partial charge is 0.239 e. The number of ether oxygens (including phenoxy) is 1. The Morgan fingerprint density at radius 3 is 2.50 bits per heavy atom. The molecule has 0 heterocycles. The van der Waals surface area contributed by atoms with E-state index < -0.39 is 0 Å². The third-order valence-electron chi connectivity index (χ3n) is 3.96. The highest BCUT2D eigenvalue weighted by Crippen LogP contribution is 2.13. The summed E-state index contributed by atoms with van der Waals surface area (Å²) in [6.45, 7) is 2.55. The van der Waals surface area contributed by atoms with Gasteiger partial charge in [-0.15, -0.1) is 0 Å². The number of hydrogen-bond acceptors (Lipinski definition) is 3. The van der Waals surface area contributed by atoms with E-state index in [1.807, 2.05) is 25.1 Å². The van der Waals surface area contributed by atoms with Gasteiger partial charge in [0.2, 0.25) is 11.8 Å². The first-order chi connectivity index (χ1) is 12.5. The van der Waals surface area contributed by atoms with Crippen LogP contribution < -0.4 is 10.1 Å². The molecule has 0 aromatic heterocycles. The number of hydrogen-bond donors (Lipinski definition) is 1. The molecule has 0 fully saturated rings. The third-order valence-corrected chi connectivity index (χ3v) is 3.96. The summed E-state index contributed by atoms with van der Waals surface area (Å²) < 4.78 is 18.0. The second-order valence-corrected chi connectivity index (χ2v) is 5.84. The Hall–Kier alpha value is -2.89. The van der Waals surface area contributed by atoms with E-state index in [0.717, 1.165) is 11.1 Å². The summed E-state index contributed by atoms with van der Waals surface area (Å²) in [4.78, 5) is 26.1.